The summed E-state index contributed by atoms with van der Waals surface area (Å²) in [5.74, 6) is 0.692. The van der Waals surface area contributed by atoms with Gasteiger partial charge in [-0.1, -0.05) is 0 Å². The highest BCUT2D eigenvalue weighted by atomic mass is 19.4. The maximum Gasteiger partial charge on any atom is 0.418 e. The van der Waals surface area contributed by atoms with Crippen LogP contribution in [-0.2, 0) is 0 Å². The van der Waals surface area contributed by atoms with Crippen molar-refractivity contribution in [2.24, 2.45) is 5.92 Å². The smallest absolute Gasteiger partial charge is 0.394 e. The molecule has 1 aliphatic carbocycles. The highest BCUT2D eigenvalue weighted by Crippen LogP contribution is 2.33. The third kappa shape index (κ3) is 4.31. The van der Waals surface area contributed by atoms with E-state index in [4.69, 9.17) is 0 Å². The van der Waals surface area contributed by atoms with Crippen LogP contribution in [0.25, 0.3) is 0 Å². The molecule has 1 atom stereocenters. The summed E-state index contributed by atoms with van der Waals surface area (Å²) in [6.45, 7) is 2.17. The zero-order valence-corrected chi connectivity index (χ0v) is 12.4. The highest BCUT2D eigenvalue weighted by molar-refractivity contribution is 4.96. The normalized spacial score (nSPS) is 26.6. The fourth-order valence-corrected chi connectivity index (χ4v) is 2.74. The number of β-amino-alcohol motifs (C(OH)–C–C–N with tert-alkyl or cyclic N) is 1. The van der Waals surface area contributed by atoms with E-state index in [1.54, 1.807) is 4.90 Å². The zero-order chi connectivity index (χ0) is 15.7. The van der Waals surface area contributed by atoms with Gasteiger partial charge in [0, 0.05) is 25.2 Å². The van der Waals surface area contributed by atoms with Gasteiger partial charge in [0.15, 0.2) is 5.60 Å². The largest absolute Gasteiger partial charge is 0.418 e. The Balaban J connectivity index is 1.83. The van der Waals surface area contributed by atoms with E-state index >= 15 is 0 Å². The number of alkyl halides is 3. The van der Waals surface area contributed by atoms with Crippen molar-refractivity contribution in [2.75, 3.05) is 32.8 Å². The maximum absolute atomic E-state index is 12.7. The number of aliphatic hydroxyl groups excluding tert-OH is 1. The molecule has 0 aromatic heterocycles. The molecule has 0 bridgehead atoms. The van der Waals surface area contributed by atoms with Crippen molar-refractivity contribution >= 4 is 0 Å². The summed E-state index contributed by atoms with van der Waals surface area (Å²) in [4.78, 5) is 1.63. The van der Waals surface area contributed by atoms with Gasteiger partial charge in [-0.25, -0.2) is 0 Å². The monoisotopic (exact) mass is 310 g/mol. The summed E-state index contributed by atoms with van der Waals surface area (Å²) < 4.78 is 38.1. The van der Waals surface area contributed by atoms with Gasteiger partial charge in [0.1, 0.15) is 0 Å². The summed E-state index contributed by atoms with van der Waals surface area (Å²) >= 11 is 0. The molecule has 0 unspecified atom stereocenters. The summed E-state index contributed by atoms with van der Waals surface area (Å²) in [7, 11) is 0. The number of likely N-dealkylation sites (tertiary alicyclic amines) is 1. The Morgan fingerprint density at radius 3 is 2.24 bits per heavy atom. The van der Waals surface area contributed by atoms with E-state index in [0.717, 1.165) is 13.5 Å². The Morgan fingerprint density at radius 1 is 1.24 bits per heavy atom. The van der Waals surface area contributed by atoms with E-state index in [-0.39, 0.29) is 12.1 Å². The van der Waals surface area contributed by atoms with Crippen LogP contribution in [0.2, 0.25) is 0 Å². The molecule has 2 fully saturated rings. The number of halogens is 3. The standard InChI is InChI=1S/C14H25F3N2O2/c1-12(21,14(15,16)17)9-19-6-4-13(10-20,5-7-19)18-8-11-2-3-11/h11,18,20-21H,2-10H2,1H3/t12-/m1/s1. The lowest BCUT2D eigenvalue weighted by molar-refractivity contribution is -0.258. The third-order valence-corrected chi connectivity index (χ3v) is 4.72. The fourth-order valence-electron chi connectivity index (χ4n) is 2.74. The molecule has 7 heteroatoms. The number of hydrogen-bond donors (Lipinski definition) is 3. The quantitative estimate of drug-likeness (QED) is 0.688. The van der Waals surface area contributed by atoms with E-state index < -0.39 is 18.3 Å². The Labute approximate surface area is 123 Å². The van der Waals surface area contributed by atoms with Crippen LogP contribution in [-0.4, -0.2) is 65.2 Å². The van der Waals surface area contributed by atoms with Gasteiger partial charge in [-0.3, -0.25) is 4.90 Å². The first-order valence-corrected chi connectivity index (χ1v) is 7.55. The minimum atomic E-state index is -4.62. The van der Waals surface area contributed by atoms with Crippen LogP contribution in [0.4, 0.5) is 13.2 Å². The number of piperidine rings is 1. The van der Waals surface area contributed by atoms with Crippen LogP contribution in [0.15, 0.2) is 0 Å². The molecule has 0 radical (unpaired) electrons. The average Bonchev–Trinajstić information content (AvgIpc) is 3.21. The van der Waals surface area contributed by atoms with Gasteiger partial charge in [-0.05, 0) is 45.1 Å². The lowest BCUT2D eigenvalue weighted by Gasteiger charge is -2.43. The molecule has 1 aliphatic heterocycles. The molecule has 1 saturated carbocycles. The predicted octanol–water partition coefficient (Wildman–Crippen LogP) is 1.13. The molecule has 3 N–H and O–H groups in total. The fraction of sp³-hybridized carbons (Fsp3) is 1.00. The van der Waals surface area contributed by atoms with Gasteiger partial charge in [0.2, 0.25) is 0 Å². The van der Waals surface area contributed by atoms with E-state index in [0.29, 0.717) is 31.8 Å². The van der Waals surface area contributed by atoms with Gasteiger partial charge in [-0.2, -0.15) is 13.2 Å². The molecule has 4 nitrogen and oxygen atoms in total. The summed E-state index contributed by atoms with van der Waals surface area (Å²) in [5, 5.41) is 22.6. The third-order valence-electron chi connectivity index (χ3n) is 4.72. The number of aliphatic hydroxyl groups is 2. The van der Waals surface area contributed by atoms with Gasteiger partial charge in [0.05, 0.1) is 6.61 Å². The topological polar surface area (TPSA) is 55.7 Å². The second kappa shape index (κ2) is 6.02. The van der Waals surface area contributed by atoms with E-state index in [2.05, 4.69) is 5.32 Å². The predicted molar refractivity (Wildman–Crippen MR) is 72.9 cm³/mol. The van der Waals surface area contributed by atoms with Crippen LogP contribution in [0.3, 0.4) is 0 Å². The first-order valence-electron chi connectivity index (χ1n) is 7.55. The minimum Gasteiger partial charge on any atom is -0.394 e. The average molecular weight is 310 g/mol. The van der Waals surface area contributed by atoms with E-state index in [9.17, 15) is 23.4 Å². The lowest BCUT2D eigenvalue weighted by Crippen LogP contribution is -2.59. The molecular formula is C14H25F3N2O2. The second-order valence-electron chi connectivity index (χ2n) is 6.81. The van der Waals surface area contributed by atoms with E-state index in [1.165, 1.54) is 12.8 Å². The molecule has 2 aliphatic rings. The Hall–Kier alpha value is -0.370. The Bertz CT molecular complexity index is 349. The number of rotatable bonds is 6. The van der Waals surface area contributed by atoms with Gasteiger partial charge < -0.3 is 15.5 Å². The molecule has 0 aromatic rings. The lowest BCUT2D eigenvalue weighted by atomic mass is 9.87. The molecule has 0 aromatic carbocycles. The number of nitrogens with zero attached hydrogens (tertiary/aromatic N) is 1. The first kappa shape index (κ1) is 17.0. The second-order valence-corrected chi connectivity index (χ2v) is 6.81. The zero-order valence-electron chi connectivity index (χ0n) is 12.4. The molecule has 2 rings (SSSR count). The van der Waals surface area contributed by atoms with Crippen LogP contribution >= 0.6 is 0 Å². The molecule has 1 saturated heterocycles. The minimum absolute atomic E-state index is 0.00320. The maximum atomic E-state index is 12.7. The summed E-state index contributed by atoms with van der Waals surface area (Å²) in [6, 6.07) is 0. The van der Waals surface area contributed by atoms with Gasteiger partial charge in [0.25, 0.3) is 0 Å². The van der Waals surface area contributed by atoms with Crippen molar-refractivity contribution < 1.29 is 23.4 Å². The van der Waals surface area contributed by atoms with Crippen molar-refractivity contribution in [1.29, 1.82) is 0 Å². The molecular weight excluding hydrogens is 285 g/mol. The van der Waals surface area contributed by atoms with Crippen LogP contribution in [0.5, 0.6) is 0 Å². The van der Waals surface area contributed by atoms with Gasteiger partial charge >= 0.3 is 6.18 Å². The molecule has 124 valence electrons. The first-order chi connectivity index (χ1) is 9.67. The highest BCUT2D eigenvalue weighted by Gasteiger charge is 2.51. The van der Waals surface area contributed by atoms with Crippen molar-refractivity contribution in [3.63, 3.8) is 0 Å². The number of nitrogens with one attached hydrogen (secondary N) is 1. The van der Waals surface area contributed by atoms with Gasteiger partial charge in [-0.15, -0.1) is 0 Å². The van der Waals surface area contributed by atoms with Crippen LogP contribution < -0.4 is 5.32 Å². The molecule has 21 heavy (non-hydrogen) atoms. The summed E-state index contributed by atoms with van der Waals surface area (Å²) in [6.07, 6.45) is -0.985. The molecule has 0 spiro atoms. The van der Waals surface area contributed by atoms with Crippen LogP contribution in [0.1, 0.15) is 32.6 Å². The molecule has 0 amide bonds. The molecule has 1 heterocycles. The van der Waals surface area contributed by atoms with Crippen LogP contribution in [0, 0.1) is 5.92 Å². The van der Waals surface area contributed by atoms with Crippen molar-refractivity contribution in [2.45, 2.75) is 49.9 Å². The Morgan fingerprint density at radius 2 is 1.81 bits per heavy atom. The Kier molecular flexibility index (Phi) is 4.87. The van der Waals surface area contributed by atoms with E-state index in [1.807, 2.05) is 0 Å². The van der Waals surface area contributed by atoms with Crippen molar-refractivity contribution in [3.8, 4) is 0 Å². The number of hydrogen-bond acceptors (Lipinski definition) is 4. The SMILES string of the molecule is C[C@@](O)(CN1CCC(CO)(NCC2CC2)CC1)C(F)(F)F. The summed E-state index contributed by atoms with van der Waals surface area (Å²) in [5.41, 5.74) is -3.06. The van der Waals surface area contributed by atoms with Crippen molar-refractivity contribution in [1.82, 2.24) is 10.2 Å². The van der Waals surface area contributed by atoms with Crippen molar-refractivity contribution in [3.05, 3.63) is 0 Å².